The van der Waals surface area contributed by atoms with Crippen LogP contribution in [0.4, 0.5) is 0 Å². The molecule has 0 spiro atoms. The topological polar surface area (TPSA) is 95.5 Å². The minimum absolute atomic E-state index is 0.0173. The first-order valence-corrected chi connectivity index (χ1v) is 8.31. The Bertz CT molecular complexity index is 592. The molecule has 1 rings (SSSR count). The van der Waals surface area contributed by atoms with E-state index in [9.17, 15) is 19.5 Å². The number of hydrazine groups is 1. The Hall–Kier alpha value is -2.08. The van der Waals surface area contributed by atoms with Gasteiger partial charge in [-0.15, -0.1) is 0 Å². The maximum Gasteiger partial charge on any atom is 0.306 e. The number of unbranched alkanes of at least 4 members (excludes halogenated alkanes) is 1. The van der Waals surface area contributed by atoms with Crippen molar-refractivity contribution in [2.45, 2.75) is 39.5 Å². The molecule has 6 nitrogen and oxygen atoms in total. The van der Waals surface area contributed by atoms with Gasteiger partial charge in [-0.25, -0.2) is 0 Å². The predicted octanol–water partition coefficient (Wildman–Crippen LogP) is 3.02. The molecule has 7 heteroatoms. The number of carboxylic acid groups (broad SMARTS) is 1. The van der Waals surface area contributed by atoms with Crippen LogP contribution in [0.2, 0.25) is 5.02 Å². The van der Waals surface area contributed by atoms with Gasteiger partial charge in [0.2, 0.25) is 5.91 Å². The molecule has 2 atom stereocenters. The lowest BCUT2D eigenvalue weighted by atomic mass is 9.87. The zero-order chi connectivity index (χ0) is 18.1. The molecule has 0 aliphatic carbocycles. The number of amides is 2. The lowest BCUT2D eigenvalue weighted by Crippen LogP contribution is -2.42. The molecule has 0 heterocycles. The number of rotatable bonds is 8. The summed E-state index contributed by atoms with van der Waals surface area (Å²) in [6, 6.07) is 6.47. The molecule has 0 saturated carbocycles. The molecule has 1 aromatic rings. The van der Waals surface area contributed by atoms with E-state index in [-0.39, 0.29) is 22.9 Å². The summed E-state index contributed by atoms with van der Waals surface area (Å²) < 4.78 is 0. The third-order valence-electron chi connectivity index (χ3n) is 3.81. The summed E-state index contributed by atoms with van der Waals surface area (Å²) in [6.45, 7) is 3.71. The second kappa shape index (κ2) is 9.93. The number of benzene rings is 1. The molecule has 0 bridgehead atoms. The molecule has 0 aromatic heterocycles. The van der Waals surface area contributed by atoms with Crippen molar-refractivity contribution in [2.75, 3.05) is 0 Å². The van der Waals surface area contributed by atoms with Gasteiger partial charge in [-0.2, -0.15) is 0 Å². The molecular weight excluding hydrogens is 332 g/mol. The number of carbonyl (C=O) groups is 3. The summed E-state index contributed by atoms with van der Waals surface area (Å²) in [5.74, 6) is -2.77. The summed E-state index contributed by atoms with van der Waals surface area (Å²) >= 11 is 5.90. The van der Waals surface area contributed by atoms with Crippen molar-refractivity contribution in [1.29, 1.82) is 0 Å². The van der Waals surface area contributed by atoms with Crippen molar-refractivity contribution < 1.29 is 19.5 Å². The fourth-order valence-electron chi connectivity index (χ4n) is 2.40. The van der Waals surface area contributed by atoms with Gasteiger partial charge in [0.05, 0.1) is 16.5 Å². The van der Waals surface area contributed by atoms with Crippen LogP contribution < -0.4 is 10.9 Å². The summed E-state index contributed by atoms with van der Waals surface area (Å²) in [4.78, 5) is 35.2. The first kappa shape index (κ1) is 20.0. The van der Waals surface area contributed by atoms with Crippen molar-refractivity contribution in [2.24, 2.45) is 11.8 Å². The standard InChI is InChI=1S/C17H23ClN2O4/c1-3-4-7-12(17(23)24)11(2)10-15(21)19-20-16(22)13-8-5-6-9-14(13)18/h5-6,8-9,11-12H,3-4,7,10H2,1-2H3,(H,19,21)(H,20,22)(H,23,24)/t11-,12-/m0/s1. The number of halogens is 1. The number of hydrogen-bond donors (Lipinski definition) is 3. The highest BCUT2D eigenvalue weighted by Crippen LogP contribution is 2.22. The summed E-state index contributed by atoms with van der Waals surface area (Å²) in [5, 5.41) is 9.55. The summed E-state index contributed by atoms with van der Waals surface area (Å²) in [6.07, 6.45) is 2.25. The Balaban J connectivity index is 2.51. The van der Waals surface area contributed by atoms with E-state index in [0.29, 0.717) is 6.42 Å². The minimum atomic E-state index is -0.899. The van der Waals surface area contributed by atoms with E-state index in [1.54, 1.807) is 25.1 Å². The molecule has 0 aliphatic heterocycles. The van der Waals surface area contributed by atoms with Gasteiger partial charge < -0.3 is 5.11 Å². The van der Waals surface area contributed by atoms with E-state index in [0.717, 1.165) is 12.8 Å². The van der Waals surface area contributed by atoms with Gasteiger partial charge in [-0.1, -0.05) is 50.4 Å². The Morgan fingerprint density at radius 1 is 1.21 bits per heavy atom. The maximum atomic E-state index is 11.9. The smallest absolute Gasteiger partial charge is 0.306 e. The second-order valence-electron chi connectivity index (χ2n) is 5.75. The SMILES string of the molecule is CCCC[C@H](C(=O)O)[C@@H](C)CC(=O)NNC(=O)c1ccccc1Cl. The van der Waals surface area contributed by atoms with Crippen molar-refractivity contribution >= 4 is 29.4 Å². The van der Waals surface area contributed by atoms with E-state index in [2.05, 4.69) is 10.9 Å². The van der Waals surface area contributed by atoms with Crippen LogP contribution in [0.5, 0.6) is 0 Å². The molecule has 0 radical (unpaired) electrons. The quantitative estimate of drug-likeness (QED) is 0.625. The van der Waals surface area contributed by atoms with Gasteiger partial charge in [-0.05, 0) is 24.5 Å². The fourth-order valence-corrected chi connectivity index (χ4v) is 2.62. The zero-order valence-electron chi connectivity index (χ0n) is 13.8. The third kappa shape index (κ3) is 6.20. The highest BCUT2D eigenvalue weighted by atomic mass is 35.5. The van der Waals surface area contributed by atoms with Gasteiger partial charge in [0, 0.05) is 6.42 Å². The Morgan fingerprint density at radius 3 is 2.46 bits per heavy atom. The highest BCUT2D eigenvalue weighted by molar-refractivity contribution is 6.33. The Labute approximate surface area is 146 Å². The lowest BCUT2D eigenvalue weighted by molar-refractivity contribution is -0.144. The van der Waals surface area contributed by atoms with Crippen LogP contribution in [0.15, 0.2) is 24.3 Å². The van der Waals surface area contributed by atoms with Crippen molar-refractivity contribution in [1.82, 2.24) is 10.9 Å². The van der Waals surface area contributed by atoms with Crippen LogP contribution in [0.3, 0.4) is 0 Å². The highest BCUT2D eigenvalue weighted by Gasteiger charge is 2.26. The number of nitrogens with one attached hydrogen (secondary N) is 2. The van der Waals surface area contributed by atoms with Crippen LogP contribution in [0.25, 0.3) is 0 Å². The monoisotopic (exact) mass is 354 g/mol. The first-order chi connectivity index (χ1) is 11.4. The summed E-state index contributed by atoms with van der Waals surface area (Å²) in [5.41, 5.74) is 4.83. The molecule has 24 heavy (non-hydrogen) atoms. The molecule has 0 fully saturated rings. The predicted molar refractivity (Wildman–Crippen MR) is 91.5 cm³/mol. The maximum absolute atomic E-state index is 11.9. The normalized spacial score (nSPS) is 13.0. The molecule has 0 unspecified atom stereocenters. The van der Waals surface area contributed by atoms with Crippen molar-refractivity contribution in [3.05, 3.63) is 34.9 Å². The van der Waals surface area contributed by atoms with E-state index < -0.39 is 23.7 Å². The third-order valence-corrected chi connectivity index (χ3v) is 4.14. The second-order valence-corrected chi connectivity index (χ2v) is 6.16. The Kier molecular flexibility index (Phi) is 8.26. The van der Waals surface area contributed by atoms with Gasteiger partial charge in [0.1, 0.15) is 0 Å². The largest absolute Gasteiger partial charge is 0.481 e. The van der Waals surface area contributed by atoms with Crippen LogP contribution in [-0.2, 0) is 9.59 Å². The average molecular weight is 355 g/mol. The van der Waals surface area contributed by atoms with E-state index in [1.165, 1.54) is 6.07 Å². The van der Waals surface area contributed by atoms with Gasteiger partial charge >= 0.3 is 5.97 Å². The number of hydrogen-bond acceptors (Lipinski definition) is 3. The molecular formula is C17H23ClN2O4. The van der Waals surface area contributed by atoms with E-state index >= 15 is 0 Å². The number of carboxylic acids is 1. The van der Waals surface area contributed by atoms with Crippen LogP contribution in [0, 0.1) is 11.8 Å². The first-order valence-electron chi connectivity index (χ1n) is 7.93. The molecule has 0 aliphatic rings. The number of carbonyl (C=O) groups excluding carboxylic acids is 2. The molecule has 2 amide bonds. The van der Waals surface area contributed by atoms with E-state index in [4.69, 9.17) is 11.6 Å². The molecule has 132 valence electrons. The fraction of sp³-hybridized carbons (Fsp3) is 0.471. The lowest BCUT2D eigenvalue weighted by Gasteiger charge is -2.19. The summed E-state index contributed by atoms with van der Waals surface area (Å²) in [7, 11) is 0. The van der Waals surface area contributed by atoms with Crippen LogP contribution in [0.1, 0.15) is 49.9 Å². The van der Waals surface area contributed by atoms with Crippen molar-refractivity contribution in [3.63, 3.8) is 0 Å². The van der Waals surface area contributed by atoms with E-state index in [1.807, 2.05) is 6.92 Å². The zero-order valence-corrected chi connectivity index (χ0v) is 14.6. The van der Waals surface area contributed by atoms with Crippen molar-refractivity contribution in [3.8, 4) is 0 Å². The van der Waals surface area contributed by atoms with Crippen LogP contribution >= 0.6 is 11.6 Å². The van der Waals surface area contributed by atoms with Crippen LogP contribution in [-0.4, -0.2) is 22.9 Å². The molecule has 1 aromatic carbocycles. The number of aliphatic carboxylic acids is 1. The van der Waals surface area contributed by atoms with Gasteiger partial charge in [0.15, 0.2) is 0 Å². The van der Waals surface area contributed by atoms with Gasteiger partial charge in [-0.3, -0.25) is 25.2 Å². The molecule has 0 saturated heterocycles. The minimum Gasteiger partial charge on any atom is -0.481 e. The average Bonchev–Trinajstić information content (AvgIpc) is 2.53. The van der Waals surface area contributed by atoms with Gasteiger partial charge in [0.25, 0.3) is 5.91 Å². The Morgan fingerprint density at radius 2 is 1.88 bits per heavy atom. The molecule has 3 N–H and O–H groups in total.